The Hall–Kier alpha value is -2.63. The monoisotopic (exact) mass is 395 g/mol. The molecule has 2 aliphatic carbocycles. The normalized spacial score (nSPS) is 22.5. The molecule has 5 nitrogen and oxygen atoms in total. The Morgan fingerprint density at radius 3 is 2.83 bits per heavy atom. The van der Waals surface area contributed by atoms with Gasteiger partial charge in [0.2, 0.25) is 5.91 Å². The minimum absolute atomic E-state index is 0.103. The lowest BCUT2D eigenvalue weighted by Gasteiger charge is -2.33. The number of rotatable bonds is 3. The molecule has 3 N–H and O–H groups in total. The number of hydrogen-bond donors (Lipinski definition) is 2. The molecular weight excluding hydrogens is 369 g/mol. The highest BCUT2D eigenvalue weighted by Crippen LogP contribution is 2.56. The maximum Gasteiger partial charge on any atom is 0.250 e. The molecule has 1 saturated heterocycles. The average molecular weight is 395 g/mol. The zero-order valence-electron chi connectivity index (χ0n) is 16.5. The zero-order chi connectivity index (χ0) is 20.3. The van der Waals surface area contributed by atoms with E-state index in [2.05, 4.69) is 11.6 Å². The van der Waals surface area contributed by atoms with Gasteiger partial charge in [-0.3, -0.25) is 9.59 Å². The summed E-state index contributed by atoms with van der Waals surface area (Å²) in [6.07, 6.45) is 8.39. The van der Waals surface area contributed by atoms with Crippen molar-refractivity contribution >= 4 is 22.7 Å². The van der Waals surface area contributed by atoms with Gasteiger partial charge < -0.3 is 15.6 Å². The Labute approximate surface area is 169 Å². The van der Waals surface area contributed by atoms with Crippen LogP contribution in [0.2, 0.25) is 0 Å². The van der Waals surface area contributed by atoms with E-state index < -0.39 is 5.91 Å². The number of hydrogen-bond acceptors (Lipinski definition) is 2. The number of piperidine rings is 1. The van der Waals surface area contributed by atoms with Crippen molar-refractivity contribution in [3.05, 3.63) is 46.9 Å². The Morgan fingerprint density at radius 2 is 2.14 bits per heavy atom. The molecule has 0 radical (unpaired) electrons. The molecule has 1 saturated carbocycles. The van der Waals surface area contributed by atoms with Gasteiger partial charge in [0.05, 0.1) is 11.1 Å². The van der Waals surface area contributed by atoms with Crippen molar-refractivity contribution in [3.8, 4) is 0 Å². The van der Waals surface area contributed by atoms with Crippen molar-refractivity contribution in [2.24, 2.45) is 11.1 Å². The molecule has 1 aromatic carbocycles. The smallest absolute Gasteiger partial charge is 0.250 e. The molecule has 5 rings (SSSR count). The predicted octanol–water partition coefficient (Wildman–Crippen LogP) is 3.57. The van der Waals surface area contributed by atoms with E-state index in [-0.39, 0.29) is 23.2 Å². The van der Waals surface area contributed by atoms with Crippen LogP contribution in [-0.4, -0.2) is 34.8 Å². The summed E-state index contributed by atoms with van der Waals surface area (Å²) in [4.78, 5) is 29.4. The zero-order valence-corrected chi connectivity index (χ0v) is 16.5. The number of nitrogens with one attached hydrogen (secondary N) is 1. The van der Waals surface area contributed by atoms with Crippen LogP contribution in [0.4, 0.5) is 4.39 Å². The fourth-order valence-electron chi connectivity index (χ4n) is 5.49. The number of likely N-dealkylation sites (tertiary alicyclic amines) is 1. The van der Waals surface area contributed by atoms with Crippen LogP contribution < -0.4 is 5.73 Å². The van der Waals surface area contributed by atoms with Gasteiger partial charge in [0.25, 0.3) is 5.91 Å². The molecule has 2 amide bonds. The topological polar surface area (TPSA) is 79.2 Å². The Bertz CT molecular complexity index is 1050. The van der Waals surface area contributed by atoms with Crippen LogP contribution in [-0.2, 0) is 17.6 Å². The van der Waals surface area contributed by atoms with E-state index in [1.807, 2.05) is 0 Å². The minimum Gasteiger partial charge on any atom is -0.366 e. The van der Waals surface area contributed by atoms with Crippen LogP contribution in [0, 0.1) is 11.2 Å². The van der Waals surface area contributed by atoms with Crippen LogP contribution in [0.15, 0.2) is 18.7 Å². The van der Waals surface area contributed by atoms with Gasteiger partial charge in [0.1, 0.15) is 5.82 Å². The largest absolute Gasteiger partial charge is 0.366 e. The van der Waals surface area contributed by atoms with Gasteiger partial charge in [0, 0.05) is 35.7 Å². The average Bonchev–Trinajstić information content (AvgIpc) is 3.37. The predicted molar refractivity (Wildman–Crippen MR) is 109 cm³/mol. The minimum atomic E-state index is -0.618. The second kappa shape index (κ2) is 6.44. The number of fused-ring (bicyclic) bond motifs is 3. The Kier molecular flexibility index (Phi) is 4.09. The van der Waals surface area contributed by atoms with E-state index in [9.17, 15) is 9.59 Å². The second-order valence-corrected chi connectivity index (χ2v) is 9.02. The molecule has 2 fully saturated rings. The number of nitrogens with zero attached hydrogens (tertiary/aromatic N) is 1. The van der Waals surface area contributed by atoms with Gasteiger partial charge >= 0.3 is 0 Å². The fraction of sp³-hybridized carbons (Fsp3) is 0.478. The number of halogens is 1. The summed E-state index contributed by atoms with van der Waals surface area (Å²) in [5.74, 6) is -1.23. The molecule has 1 aromatic heterocycles. The number of benzene rings is 1. The lowest BCUT2D eigenvalue weighted by Crippen LogP contribution is -2.38. The quantitative estimate of drug-likeness (QED) is 0.780. The van der Waals surface area contributed by atoms with Crippen molar-refractivity contribution in [1.82, 2.24) is 9.88 Å². The molecule has 0 bridgehead atoms. The van der Waals surface area contributed by atoms with E-state index in [0.717, 1.165) is 48.7 Å². The van der Waals surface area contributed by atoms with Crippen LogP contribution in [0.1, 0.15) is 65.2 Å². The highest BCUT2D eigenvalue weighted by molar-refractivity contribution is 6.07. The number of carbonyl (C=O) groups is 2. The maximum atomic E-state index is 15.4. The molecule has 1 unspecified atom stereocenters. The summed E-state index contributed by atoms with van der Waals surface area (Å²) in [6, 6.07) is 1.28. The van der Waals surface area contributed by atoms with E-state index in [4.69, 9.17) is 5.73 Å². The third-order valence-corrected chi connectivity index (χ3v) is 7.25. The van der Waals surface area contributed by atoms with Crippen molar-refractivity contribution in [1.29, 1.82) is 0 Å². The first kappa shape index (κ1) is 18.4. The summed E-state index contributed by atoms with van der Waals surface area (Å²) in [7, 11) is 0. The van der Waals surface area contributed by atoms with Crippen molar-refractivity contribution in [3.63, 3.8) is 0 Å². The molecule has 1 aliphatic heterocycles. The number of aryl methyl sites for hydroxylation is 1. The summed E-state index contributed by atoms with van der Waals surface area (Å²) in [5, 5.41) is 0.845. The summed E-state index contributed by atoms with van der Waals surface area (Å²) in [6.45, 7) is 4.72. The van der Waals surface area contributed by atoms with E-state index in [1.165, 1.54) is 25.0 Å². The number of H-pyrrole nitrogens is 1. The van der Waals surface area contributed by atoms with Crippen LogP contribution in [0.3, 0.4) is 0 Å². The standard InChI is InChI=1S/C23H26FN3O2/c1-2-18(28)27-9-3-4-13(12-27)19-16(24)10-14(22(25)29)21-20(19)15-11-23(7-8-23)6-5-17(15)26-21/h2,10,13,26H,1,3-9,11-12H2,(H2,25,29). The number of carbonyl (C=O) groups excluding carboxylic acids is 2. The summed E-state index contributed by atoms with van der Waals surface area (Å²) >= 11 is 0. The first-order valence-electron chi connectivity index (χ1n) is 10.5. The maximum absolute atomic E-state index is 15.4. The number of nitrogens with two attached hydrogens (primary N) is 1. The molecule has 152 valence electrons. The first-order chi connectivity index (χ1) is 13.9. The Balaban J connectivity index is 1.69. The van der Waals surface area contributed by atoms with Gasteiger partial charge in [-0.2, -0.15) is 0 Å². The molecule has 2 aromatic rings. The van der Waals surface area contributed by atoms with Gasteiger partial charge in [0.15, 0.2) is 0 Å². The summed E-state index contributed by atoms with van der Waals surface area (Å²) in [5.41, 5.74) is 9.75. The second-order valence-electron chi connectivity index (χ2n) is 9.02. The van der Waals surface area contributed by atoms with Gasteiger partial charge in [-0.15, -0.1) is 0 Å². The number of primary amides is 1. The van der Waals surface area contributed by atoms with Crippen molar-refractivity contribution in [2.75, 3.05) is 13.1 Å². The van der Waals surface area contributed by atoms with E-state index >= 15 is 4.39 Å². The molecule has 1 atom stereocenters. The van der Waals surface area contributed by atoms with Crippen LogP contribution >= 0.6 is 0 Å². The number of amides is 2. The molecule has 6 heteroatoms. The Morgan fingerprint density at radius 1 is 1.34 bits per heavy atom. The van der Waals surface area contributed by atoms with Crippen molar-refractivity contribution < 1.29 is 14.0 Å². The fourth-order valence-corrected chi connectivity index (χ4v) is 5.49. The third kappa shape index (κ3) is 2.88. The molecule has 29 heavy (non-hydrogen) atoms. The molecule has 2 heterocycles. The highest BCUT2D eigenvalue weighted by Gasteiger charge is 2.46. The van der Waals surface area contributed by atoms with E-state index in [1.54, 1.807) is 4.90 Å². The molecular formula is C23H26FN3O2. The SMILES string of the molecule is C=CC(=O)N1CCCC(c2c(F)cc(C(N)=O)c3[nH]c4c(c23)CC2(CC4)CC2)C1. The number of aromatic nitrogens is 1. The molecule has 3 aliphatic rings. The third-order valence-electron chi connectivity index (χ3n) is 7.25. The lowest BCUT2D eigenvalue weighted by atomic mass is 9.80. The van der Waals surface area contributed by atoms with Crippen LogP contribution in [0.5, 0.6) is 0 Å². The first-order valence-corrected chi connectivity index (χ1v) is 10.5. The highest BCUT2D eigenvalue weighted by atomic mass is 19.1. The van der Waals surface area contributed by atoms with Gasteiger partial charge in [-0.1, -0.05) is 6.58 Å². The lowest BCUT2D eigenvalue weighted by molar-refractivity contribution is -0.127. The molecule has 1 spiro atoms. The summed E-state index contributed by atoms with van der Waals surface area (Å²) < 4.78 is 15.4. The van der Waals surface area contributed by atoms with Gasteiger partial charge in [-0.25, -0.2) is 4.39 Å². The number of aromatic amines is 1. The van der Waals surface area contributed by atoms with Gasteiger partial charge in [-0.05, 0) is 68.1 Å². The van der Waals surface area contributed by atoms with Crippen molar-refractivity contribution in [2.45, 2.75) is 50.9 Å². The van der Waals surface area contributed by atoms with Crippen LogP contribution in [0.25, 0.3) is 10.9 Å². The van der Waals surface area contributed by atoms with E-state index in [0.29, 0.717) is 29.6 Å².